The number of nitrogens with two attached hydrogens (primary N) is 1. The van der Waals surface area contributed by atoms with Crippen LogP contribution in [0.4, 0.5) is 0 Å². The van der Waals surface area contributed by atoms with Crippen LogP contribution in [0.15, 0.2) is 12.2 Å². The molecule has 102 valence electrons. The number of hydrogen-bond acceptors (Lipinski definition) is 7. The summed E-state index contributed by atoms with van der Waals surface area (Å²) in [5.74, 6) is -2.59. The summed E-state index contributed by atoms with van der Waals surface area (Å²) in [4.78, 5) is 32.0. The van der Waals surface area contributed by atoms with Crippen molar-refractivity contribution in [1.82, 2.24) is 0 Å². The Morgan fingerprint density at radius 2 is 2.06 bits per heavy atom. The summed E-state index contributed by atoms with van der Waals surface area (Å²) in [6, 6.07) is -1.23. The van der Waals surface area contributed by atoms with E-state index in [2.05, 4.69) is 9.47 Å². The van der Waals surface area contributed by atoms with Gasteiger partial charge in [0.25, 0.3) is 0 Å². The van der Waals surface area contributed by atoms with Crippen LogP contribution < -0.4 is 5.73 Å². The molecular weight excluding hydrogens is 246 g/mol. The lowest BCUT2D eigenvalue weighted by Gasteiger charge is -2.08. The highest BCUT2D eigenvalue weighted by Gasteiger charge is 2.18. The highest BCUT2D eigenvalue weighted by molar-refractivity contribution is 5.82. The van der Waals surface area contributed by atoms with Crippen molar-refractivity contribution in [2.75, 3.05) is 20.5 Å². The Balaban J connectivity index is 3.66. The molecule has 0 heterocycles. The Labute approximate surface area is 103 Å². The Morgan fingerprint density at radius 1 is 1.39 bits per heavy atom. The highest BCUT2D eigenvalue weighted by Crippen LogP contribution is 1.93. The number of methoxy groups -OCH3 is 1. The fourth-order valence-electron chi connectivity index (χ4n) is 0.807. The number of carboxylic acid groups (broad SMARTS) is 1. The highest BCUT2D eigenvalue weighted by atomic mass is 16.7. The molecule has 0 saturated carbocycles. The van der Waals surface area contributed by atoms with Crippen molar-refractivity contribution in [2.24, 2.45) is 5.73 Å². The molecule has 0 aliphatic rings. The van der Waals surface area contributed by atoms with Crippen LogP contribution in [0, 0.1) is 0 Å². The zero-order valence-electron chi connectivity index (χ0n) is 9.83. The van der Waals surface area contributed by atoms with Gasteiger partial charge in [0.05, 0.1) is 20.1 Å². The number of hydrogen-bond donors (Lipinski definition) is 2. The first kappa shape index (κ1) is 16.1. The Kier molecular flexibility index (Phi) is 8.16. The molecule has 0 aromatic carbocycles. The minimum atomic E-state index is -1.23. The van der Waals surface area contributed by atoms with Gasteiger partial charge in [0.1, 0.15) is 6.04 Å². The molecule has 0 radical (unpaired) electrons. The van der Waals surface area contributed by atoms with Gasteiger partial charge in [0, 0.05) is 6.08 Å². The second-order valence-corrected chi connectivity index (χ2v) is 3.08. The van der Waals surface area contributed by atoms with E-state index in [1.165, 1.54) is 13.2 Å². The molecule has 0 spiro atoms. The normalized spacial score (nSPS) is 12.1. The molecule has 8 nitrogen and oxygen atoms in total. The second-order valence-electron chi connectivity index (χ2n) is 3.08. The van der Waals surface area contributed by atoms with Gasteiger partial charge < -0.3 is 25.1 Å². The van der Waals surface area contributed by atoms with E-state index in [0.29, 0.717) is 0 Å². The van der Waals surface area contributed by atoms with Gasteiger partial charge in [-0.25, -0.2) is 4.79 Å². The zero-order chi connectivity index (χ0) is 14.0. The minimum absolute atomic E-state index is 0.0382. The summed E-state index contributed by atoms with van der Waals surface area (Å²) in [5.41, 5.74) is 5.23. The third-order valence-electron chi connectivity index (χ3n) is 1.65. The monoisotopic (exact) mass is 261 g/mol. The first-order chi connectivity index (χ1) is 8.47. The quantitative estimate of drug-likeness (QED) is 0.247. The summed E-state index contributed by atoms with van der Waals surface area (Å²) in [6.07, 6.45) is 2.01. The second kappa shape index (κ2) is 9.14. The number of rotatable bonds is 8. The van der Waals surface area contributed by atoms with Crippen molar-refractivity contribution in [2.45, 2.75) is 12.5 Å². The van der Waals surface area contributed by atoms with Crippen LogP contribution in [0.5, 0.6) is 0 Å². The van der Waals surface area contributed by atoms with E-state index < -0.39 is 30.4 Å². The Bertz CT molecular complexity index is 326. The summed E-state index contributed by atoms with van der Waals surface area (Å²) >= 11 is 0. The number of carboxylic acids is 1. The maximum absolute atomic E-state index is 11.1. The molecule has 1 atom stereocenters. The van der Waals surface area contributed by atoms with Gasteiger partial charge in [-0.3, -0.25) is 9.59 Å². The van der Waals surface area contributed by atoms with Gasteiger partial charge in [-0.1, -0.05) is 6.08 Å². The summed E-state index contributed by atoms with van der Waals surface area (Å²) in [5, 5.41) is 8.38. The van der Waals surface area contributed by atoms with Crippen LogP contribution in [0.3, 0.4) is 0 Å². The van der Waals surface area contributed by atoms with Gasteiger partial charge in [-0.2, -0.15) is 0 Å². The number of aliphatic carboxylic acids is 1. The van der Waals surface area contributed by atoms with Gasteiger partial charge in [-0.05, 0) is 0 Å². The Morgan fingerprint density at radius 3 is 2.61 bits per heavy atom. The smallest absolute Gasteiger partial charge is 0.330 e. The molecule has 0 bridgehead atoms. The SMILES string of the molecule is COC(=O)/C=C/COCOC(=O)[C@@H](N)CC(=O)O. The lowest BCUT2D eigenvalue weighted by atomic mass is 10.2. The predicted molar refractivity (Wildman–Crippen MR) is 58.3 cm³/mol. The van der Waals surface area contributed by atoms with Crippen molar-refractivity contribution in [3.63, 3.8) is 0 Å². The maximum Gasteiger partial charge on any atom is 0.330 e. The third-order valence-corrected chi connectivity index (χ3v) is 1.65. The lowest BCUT2D eigenvalue weighted by molar-refractivity contribution is -0.159. The van der Waals surface area contributed by atoms with E-state index in [1.807, 2.05) is 0 Å². The van der Waals surface area contributed by atoms with Crippen molar-refractivity contribution in [1.29, 1.82) is 0 Å². The summed E-state index contributed by atoms with van der Waals surface area (Å²) in [7, 11) is 1.24. The first-order valence-electron chi connectivity index (χ1n) is 4.93. The molecular formula is C10H15NO7. The van der Waals surface area contributed by atoms with E-state index >= 15 is 0 Å². The van der Waals surface area contributed by atoms with Crippen molar-refractivity contribution in [3.05, 3.63) is 12.2 Å². The number of esters is 2. The molecule has 8 heteroatoms. The molecule has 0 rings (SSSR count). The van der Waals surface area contributed by atoms with E-state index in [-0.39, 0.29) is 13.4 Å². The van der Waals surface area contributed by atoms with Crippen LogP contribution in [0.25, 0.3) is 0 Å². The Hall–Kier alpha value is -1.93. The lowest BCUT2D eigenvalue weighted by Crippen LogP contribution is -2.34. The number of carbonyl (C=O) groups excluding carboxylic acids is 2. The molecule has 0 aliphatic heterocycles. The molecule has 0 aromatic rings. The standard InChI is InChI=1S/C10H15NO7/c1-16-9(14)3-2-4-17-6-18-10(15)7(11)5-8(12)13/h2-3,7H,4-6,11H2,1H3,(H,12,13)/b3-2+/t7-/m0/s1. The molecule has 0 unspecified atom stereocenters. The summed E-state index contributed by atoms with van der Waals surface area (Å²) in [6.45, 7) is -0.339. The van der Waals surface area contributed by atoms with Crippen LogP contribution in [0.1, 0.15) is 6.42 Å². The molecule has 0 saturated heterocycles. The van der Waals surface area contributed by atoms with Crippen LogP contribution in [-0.2, 0) is 28.6 Å². The maximum atomic E-state index is 11.1. The largest absolute Gasteiger partial charge is 0.481 e. The predicted octanol–water partition coefficient (Wildman–Crippen LogP) is -0.965. The zero-order valence-corrected chi connectivity index (χ0v) is 9.83. The average Bonchev–Trinajstić information content (AvgIpc) is 2.31. The van der Waals surface area contributed by atoms with E-state index in [0.717, 1.165) is 6.08 Å². The van der Waals surface area contributed by atoms with Crippen molar-refractivity contribution < 1.29 is 33.7 Å². The number of ether oxygens (including phenoxy) is 3. The van der Waals surface area contributed by atoms with E-state index in [4.69, 9.17) is 15.6 Å². The fraction of sp³-hybridized carbons (Fsp3) is 0.500. The van der Waals surface area contributed by atoms with Crippen LogP contribution in [-0.4, -0.2) is 49.6 Å². The molecule has 0 aliphatic carbocycles. The van der Waals surface area contributed by atoms with Gasteiger partial charge in [0.15, 0.2) is 6.79 Å². The van der Waals surface area contributed by atoms with Crippen molar-refractivity contribution in [3.8, 4) is 0 Å². The van der Waals surface area contributed by atoms with Gasteiger partial charge in [0.2, 0.25) is 0 Å². The van der Waals surface area contributed by atoms with E-state index in [1.54, 1.807) is 0 Å². The third kappa shape index (κ3) is 8.25. The topological polar surface area (TPSA) is 125 Å². The molecule has 18 heavy (non-hydrogen) atoms. The van der Waals surface area contributed by atoms with Gasteiger partial charge >= 0.3 is 17.9 Å². The van der Waals surface area contributed by atoms with Crippen LogP contribution in [0.2, 0.25) is 0 Å². The first-order valence-corrected chi connectivity index (χ1v) is 4.93. The van der Waals surface area contributed by atoms with Gasteiger partial charge in [-0.15, -0.1) is 0 Å². The molecule has 3 N–H and O–H groups in total. The summed E-state index contributed by atoms with van der Waals surface area (Å²) < 4.78 is 13.7. The average molecular weight is 261 g/mol. The van der Waals surface area contributed by atoms with Crippen LogP contribution >= 0.6 is 0 Å². The number of carbonyl (C=O) groups is 3. The molecule has 0 aromatic heterocycles. The molecule has 0 fully saturated rings. The molecule has 0 amide bonds. The minimum Gasteiger partial charge on any atom is -0.481 e. The fourth-order valence-corrected chi connectivity index (χ4v) is 0.807. The van der Waals surface area contributed by atoms with E-state index in [9.17, 15) is 14.4 Å². The van der Waals surface area contributed by atoms with Crippen molar-refractivity contribution >= 4 is 17.9 Å².